The molecule has 2 amide bonds. The number of imide groups is 1. The van der Waals surface area contributed by atoms with Gasteiger partial charge in [-0.2, -0.15) is 0 Å². The fraction of sp³-hybridized carbons (Fsp3) is 0.200. The first kappa shape index (κ1) is 16.9. The van der Waals surface area contributed by atoms with Crippen LogP contribution in [-0.4, -0.2) is 28.5 Å². The van der Waals surface area contributed by atoms with Crippen molar-refractivity contribution in [2.75, 3.05) is 7.11 Å². The lowest BCUT2D eigenvalue weighted by Crippen LogP contribution is -2.20. The average molecular weight is 409 g/mol. The van der Waals surface area contributed by atoms with Gasteiger partial charge in [-0.1, -0.05) is 18.2 Å². The first-order chi connectivity index (χ1) is 15.2. The summed E-state index contributed by atoms with van der Waals surface area (Å²) in [5.41, 5.74) is 6.28. The molecule has 31 heavy (non-hydrogen) atoms. The topological polar surface area (TPSA) is 76.1 Å². The van der Waals surface area contributed by atoms with Gasteiger partial charge in [0, 0.05) is 34.2 Å². The van der Waals surface area contributed by atoms with Gasteiger partial charge in [-0.15, -0.1) is 0 Å². The maximum Gasteiger partial charge on any atom is 0.259 e. The van der Waals surface area contributed by atoms with E-state index in [1.807, 2.05) is 18.2 Å². The van der Waals surface area contributed by atoms with Crippen molar-refractivity contribution in [1.82, 2.24) is 14.9 Å². The Balaban J connectivity index is 1.82. The highest BCUT2D eigenvalue weighted by Gasteiger charge is 2.36. The first-order valence-electron chi connectivity index (χ1n) is 10.6. The highest BCUT2D eigenvalue weighted by Crippen LogP contribution is 2.45. The number of hydrogen-bond acceptors (Lipinski definition) is 3. The van der Waals surface area contributed by atoms with Crippen molar-refractivity contribution in [3.8, 4) is 5.75 Å². The van der Waals surface area contributed by atoms with Crippen LogP contribution in [0.25, 0.3) is 43.6 Å². The number of amides is 2. The second-order valence-electron chi connectivity index (χ2n) is 8.47. The summed E-state index contributed by atoms with van der Waals surface area (Å²) >= 11 is 0. The standard InChI is InChI=1S/C25H19N3O3/c1-31-13-8-9-14-16(11-13)26-21-17(14)19-20(25(30)27-24(19)29)18-15-7-4-6-12-5-2-3-10-28(22(12)15)23(18)21/h4,6-9,11,26H,2-3,5,10H2,1H3,(H,27,29,30). The molecule has 2 aliphatic rings. The zero-order chi connectivity index (χ0) is 20.9. The minimum atomic E-state index is -0.326. The number of aryl methyl sites for hydroxylation is 2. The third-order valence-corrected chi connectivity index (χ3v) is 6.92. The summed E-state index contributed by atoms with van der Waals surface area (Å²) in [4.78, 5) is 29.6. The number of ether oxygens (including phenoxy) is 1. The maximum absolute atomic E-state index is 13.0. The lowest BCUT2D eigenvalue weighted by molar-refractivity contribution is 0.0880. The van der Waals surface area contributed by atoms with E-state index in [0.717, 1.165) is 69.7 Å². The summed E-state index contributed by atoms with van der Waals surface area (Å²) in [5, 5.41) is 6.22. The van der Waals surface area contributed by atoms with Gasteiger partial charge in [-0.3, -0.25) is 14.9 Å². The third kappa shape index (κ3) is 1.97. The van der Waals surface area contributed by atoms with E-state index in [1.165, 1.54) is 11.1 Å². The van der Waals surface area contributed by atoms with Gasteiger partial charge in [0.1, 0.15) is 5.75 Å². The molecule has 3 aromatic carbocycles. The van der Waals surface area contributed by atoms with Crippen molar-refractivity contribution in [1.29, 1.82) is 0 Å². The number of hydrogen-bond donors (Lipinski definition) is 2. The number of nitrogens with one attached hydrogen (secondary N) is 2. The Morgan fingerprint density at radius 1 is 0.935 bits per heavy atom. The van der Waals surface area contributed by atoms with E-state index in [9.17, 15) is 9.59 Å². The second kappa shape index (κ2) is 5.66. The van der Waals surface area contributed by atoms with Crippen molar-refractivity contribution in [3.05, 3.63) is 53.1 Å². The lowest BCUT2D eigenvalue weighted by atomic mass is 9.96. The summed E-state index contributed by atoms with van der Waals surface area (Å²) < 4.78 is 7.77. The van der Waals surface area contributed by atoms with Crippen LogP contribution in [0.2, 0.25) is 0 Å². The molecular formula is C25H19N3O3. The first-order valence-corrected chi connectivity index (χ1v) is 10.6. The van der Waals surface area contributed by atoms with Crippen LogP contribution in [-0.2, 0) is 13.0 Å². The number of carbonyl (C=O) groups excluding carboxylic acids is 2. The van der Waals surface area contributed by atoms with Crippen LogP contribution >= 0.6 is 0 Å². The summed E-state index contributed by atoms with van der Waals surface area (Å²) in [5.74, 6) is 0.109. The molecule has 2 N–H and O–H groups in total. The Kier molecular flexibility index (Phi) is 3.09. The Labute approximate surface area is 176 Å². The zero-order valence-corrected chi connectivity index (χ0v) is 17.0. The molecule has 0 saturated heterocycles. The maximum atomic E-state index is 13.0. The van der Waals surface area contributed by atoms with Crippen molar-refractivity contribution in [3.63, 3.8) is 0 Å². The molecule has 0 saturated carbocycles. The molecule has 6 heteroatoms. The quantitative estimate of drug-likeness (QED) is 0.396. The van der Waals surface area contributed by atoms with E-state index in [1.54, 1.807) is 7.11 Å². The number of nitrogens with zero attached hydrogens (tertiary/aromatic N) is 1. The van der Waals surface area contributed by atoms with Gasteiger partial charge in [0.05, 0.1) is 40.3 Å². The predicted molar refractivity (Wildman–Crippen MR) is 120 cm³/mol. The number of para-hydroxylation sites is 1. The normalized spacial score (nSPS) is 15.8. The van der Waals surface area contributed by atoms with E-state index >= 15 is 0 Å². The van der Waals surface area contributed by atoms with E-state index in [-0.39, 0.29) is 11.8 Å². The molecule has 152 valence electrons. The number of fused-ring (bicyclic) bond motifs is 10. The third-order valence-electron chi connectivity index (χ3n) is 6.92. The Hall–Kier alpha value is -3.80. The molecule has 0 bridgehead atoms. The number of methoxy groups -OCH3 is 1. The Morgan fingerprint density at radius 3 is 2.61 bits per heavy atom. The number of aromatic amines is 1. The molecule has 0 aliphatic carbocycles. The van der Waals surface area contributed by atoms with E-state index < -0.39 is 0 Å². The van der Waals surface area contributed by atoms with E-state index in [4.69, 9.17) is 4.74 Å². The second-order valence-corrected chi connectivity index (χ2v) is 8.47. The van der Waals surface area contributed by atoms with E-state index in [2.05, 4.69) is 33.1 Å². The molecule has 2 aromatic heterocycles. The zero-order valence-electron chi connectivity index (χ0n) is 17.0. The van der Waals surface area contributed by atoms with Crippen LogP contribution in [0, 0.1) is 0 Å². The number of rotatable bonds is 1. The summed E-state index contributed by atoms with van der Waals surface area (Å²) in [6.45, 7) is 0.888. The van der Waals surface area contributed by atoms with Crippen LogP contribution in [0.1, 0.15) is 39.1 Å². The van der Waals surface area contributed by atoms with E-state index in [0.29, 0.717) is 11.1 Å². The number of carbonyl (C=O) groups is 2. The fourth-order valence-electron chi connectivity index (χ4n) is 5.68. The number of H-pyrrole nitrogens is 1. The highest BCUT2D eigenvalue weighted by molar-refractivity contribution is 6.39. The molecule has 0 spiro atoms. The van der Waals surface area contributed by atoms with Crippen molar-refractivity contribution in [2.45, 2.75) is 25.8 Å². The summed E-state index contributed by atoms with van der Waals surface area (Å²) in [7, 11) is 1.64. The largest absolute Gasteiger partial charge is 0.497 e. The van der Waals surface area contributed by atoms with Crippen LogP contribution in [0.15, 0.2) is 36.4 Å². The fourth-order valence-corrected chi connectivity index (χ4v) is 5.68. The Morgan fingerprint density at radius 2 is 1.77 bits per heavy atom. The molecule has 0 fully saturated rings. The van der Waals surface area contributed by atoms with Gasteiger partial charge >= 0.3 is 0 Å². The molecule has 5 aromatic rings. The molecule has 2 aliphatic heterocycles. The lowest BCUT2D eigenvalue weighted by Gasteiger charge is -2.08. The predicted octanol–water partition coefficient (Wildman–Crippen LogP) is 4.66. The average Bonchev–Trinajstić information content (AvgIpc) is 3.33. The minimum absolute atomic E-state index is 0.309. The van der Waals surface area contributed by atoms with Gasteiger partial charge in [0.2, 0.25) is 0 Å². The van der Waals surface area contributed by atoms with Crippen LogP contribution in [0.5, 0.6) is 5.75 Å². The molecule has 0 atom stereocenters. The van der Waals surface area contributed by atoms with Crippen LogP contribution in [0.3, 0.4) is 0 Å². The molecule has 4 heterocycles. The smallest absolute Gasteiger partial charge is 0.259 e. The summed E-state index contributed by atoms with van der Waals surface area (Å²) in [6, 6.07) is 12.1. The molecule has 7 rings (SSSR count). The minimum Gasteiger partial charge on any atom is -0.497 e. The van der Waals surface area contributed by atoms with Crippen molar-refractivity contribution in [2.24, 2.45) is 0 Å². The monoisotopic (exact) mass is 409 g/mol. The van der Waals surface area contributed by atoms with Crippen LogP contribution in [0.4, 0.5) is 0 Å². The number of benzene rings is 3. The van der Waals surface area contributed by atoms with Crippen molar-refractivity contribution >= 4 is 55.4 Å². The molecule has 6 nitrogen and oxygen atoms in total. The number of aromatic nitrogens is 2. The Bertz CT molecular complexity index is 1640. The highest BCUT2D eigenvalue weighted by atomic mass is 16.5. The molecule has 0 radical (unpaired) electrons. The van der Waals surface area contributed by atoms with Gasteiger partial charge in [0.15, 0.2) is 0 Å². The SMILES string of the molecule is COc1ccc2c(c1)[nH]c1c2c2c(c3c4cccc5c4n(c13)CCCC5)C(=O)NC2=O. The van der Waals surface area contributed by atoms with Crippen LogP contribution < -0.4 is 10.1 Å². The molecule has 0 unspecified atom stereocenters. The van der Waals surface area contributed by atoms with Gasteiger partial charge in [0.25, 0.3) is 11.8 Å². The van der Waals surface area contributed by atoms with Crippen molar-refractivity contribution < 1.29 is 14.3 Å². The molecular weight excluding hydrogens is 390 g/mol. The summed E-state index contributed by atoms with van der Waals surface area (Å²) in [6.07, 6.45) is 3.23. The van der Waals surface area contributed by atoms with Gasteiger partial charge < -0.3 is 14.3 Å². The van der Waals surface area contributed by atoms with Gasteiger partial charge in [-0.25, -0.2) is 0 Å². The van der Waals surface area contributed by atoms with Gasteiger partial charge in [-0.05, 0) is 37.0 Å².